The second kappa shape index (κ2) is 9.00. The van der Waals surface area contributed by atoms with E-state index in [0.29, 0.717) is 0 Å². The number of ether oxygens (including phenoxy) is 3. The average molecular weight is 394 g/mol. The first kappa shape index (κ1) is 20.2. The summed E-state index contributed by atoms with van der Waals surface area (Å²) in [5.41, 5.74) is -0.687. The Morgan fingerprint density at radius 2 is 1.85 bits per heavy atom. The van der Waals surface area contributed by atoms with E-state index in [9.17, 15) is 19.7 Å². The normalized spacial score (nSPS) is 10.2. The van der Waals surface area contributed by atoms with Gasteiger partial charge in [-0.1, -0.05) is 23.7 Å². The van der Waals surface area contributed by atoms with Crippen molar-refractivity contribution in [3.05, 3.63) is 62.7 Å². The minimum atomic E-state index is -1.04. The average Bonchev–Trinajstić information content (AvgIpc) is 2.65. The van der Waals surface area contributed by atoms with Crippen LogP contribution in [0.3, 0.4) is 0 Å². The Bertz CT molecular complexity index is 882. The lowest BCUT2D eigenvalue weighted by atomic mass is 10.1. The SMILES string of the molecule is CCOc1cc(C(=O)OCC(=O)c2ccccc2Cl)c([N+](=O)[O-])cc1OC. The van der Waals surface area contributed by atoms with Crippen molar-refractivity contribution in [1.29, 1.82) is 0 Å². The molecule has 2 rings (SSSR count). The Kier molecular flexibility index (Phi) is 6.73. The quantitative estimate of drug-likeness (QED) is 0.291. The van der Waals surface area contributed by atoms with Gasteiger partial charge >= 0.3 is 5.97 Å². The zero-order valence-electron chi connectivity index (χ0n) is 14.6. The number of hydrogen-bond acceptors (Lipinski definition) is 7. The Hall–Kier alpha value is -3.13. The highest BCUT2D eigenvalue weighted by Crippen LogP contribution is 2.35. The molecular formula is C18H16ClNO7. The Morgan fingerprint density at radius 1 is 1.15 bits per heavy atom. The van der Waals surface area contributed by atoms with Crippen molar-refractivity contribution in [1.82, 2.24) is 0 Å². The molecule has 0 heterocycles. The number of nitro groups is 1. The second-order valence-corrected chi connectivity index (χ2v) is 5.60. The van der Waals surface area contributed by atoms with Crippen LogP contribution in [0.4, 0.5) is 5.69 Å². The predicted octanol–water partition coefficient (Wildman–Crippen LogP) is 3.70. The van der Waals surface area contributed by atoms with Gasteiger partial charge in [-0.05, 0) is 19.1 Å². The van der Waals surface area contributed by atoms with E-state index in [-0.39, 0.29) is 34.3 Å². The number of methoxy groups -OCH3 is 1. The number of halogens is 1. The fourth-order valence-electron chi connectivity index (χ4n) is 2.27. The van der Waals surface area contributed by atoms with Gasteiger partial charge < -0.3 is 14.2 Å². The van der Waals surface area contributed by atoms with Crippen molar-refractivity contribution in [2.75, 3.05) is 20.3 Å². The zero-order valence-corrected chi connectivity index (χ0v) is 15.3. The first-order valence-corrected chi connectivity index (χ1v) is 8.20. The van der Waals surface area contributed by atoms with Crippen molar-refractivity contribution in [3.8, 4) is 11.5 Å². The van der Waals surface area contributed by atoms with E-state index in [1.807, 2.05) is 0 Å². The summed E-state index contributed by atoms with van der Waals surface area (Å²) in [6.45, 7) is 1.35. The highest BCUT2D eigenvalue weighted by Gasteiger charge is 2.26. The van der Waals surface area contributed by atoms with Crippen molar-refractivity contribution in [2.45, 2.75) is 6.92 Å². The van der Waals surface area contributed by atoms with E-state index in [4.69, 9.17) is 25.8 Å². The summed E-state index contributed by atoms with van der Waals surface area (Å²) in [6.07, 6.45) is 0. The Labute approximate surface area is 159 Å². The maximum Gasteiger partial charge on any atom is 0.345 e. The maximum atomic E-state index is 12.3. The van der Waals surface area contributed by atoms with E-state index < -0.39 is 29.0 Å². The molecule has 0 saturated carbocycles. The number of benzene rings is 2. The highest BCUT2D eigenvalue weighted by atomic mass is 35.5. The first-order chi connectivity index (χ1) is 12.9. The van der Waals surface area contributed by atoms with Gasteiger partial charge in [0.25, 0.3) is 5.69 Å². The second-order valence-electron chi connectivity index (χ2n) is 5.19. The van der Waals surface area contributed by atoms with Crippen LogP contribution in [0.15, 0.2) is 36.4 Å². The number of ketones is 1. The van der Waals surface area contributed by atoms with Crippen LogP contribution >= 0.6 is 11.6 Å². The van der Waals surface area contributed by atoms with Crippen LogP contribution in [-0.4, -0.2) is 37.0 Å². The number of nitro benzene ring substituents is 1. The molecule has 142 valence electrons. The topological polar surface area (TPSA) is 105 Å². The van der Waals surface area contributed by atoms with Crippen LogP contribution in [0.5, 0.6) is 11.5 Å². The number of carbonyl (C=O) groups excluding carboxylic acids is 2. The standard InChI is InChI=1S/C18H16ClNO7/c1-3-26-17-8-12(14(20(23)24)9-16(17)25-2)18(22)27-10-15(21)11-6-4-5-7-13(11)19/h4-9H,3,10H2,1-2H3. The lowest BCUT2D eigenvalue weighted by Gasteiger charge is -2.11. The van der Waals surface area contributed by atoms with Crippen LogP contribution in [0, 0.1) is 10.1 Å². The fourth-order valence-corrected chi connectivity index (χ4v) is 2.51. The van der Waals surface area contributed by atoms with E-state index >= 15 is 0 Å². The largest absolute Gasteiger partial charge is 0.493 e. The lowest BCUT2D eigenvalue weighted by Crippen LogP contribution is -2.16. The molecule has 0 atom stereocenters. The third-order valence-corrected chi connectivity index (χ3v) is 3.84. The van der Waals surface area contributed by atoms with Crippen molar-refractivity contribution < 1.29 is 28.7 Å². The molecule has 0 amide bonds. The summed E-state index contributed by atoms with van der Waals surface area (Å²) in [6, 6.07) is 8.51. The van der Waals surface area contributed by atoms with Gasteiger partial charge in [-0.15, -0.1) is 0 Å². The molecule has 0 aliphatic carbocycles. The first-order valence-electron chi connectivity index (χ1n) is 7.83. The van der Waals surface area contributed by atoms with Gasteiger partial charge in [0, 0.05) is 11.6 Å². The summed E-state index contributed by atoms with van der Waals surface area (Å²) in [5, 5.41) is 11.5. The molecular weight excluding hydrogens is 378 g/mol. The van der Waals surface area contributed by atoms with Gasteiger partial charge in [0.05, 0.1) is 29.7 Å². The van der Waals surface area contributed by atoms with Gasteiger partial charge in [0.1, 0.15) is 5.56 Å². The third-order valence-electron chi connectivity index (χ3n) is 3.51. The van der Waals surface area contributed by atoms with E-state index in [1.165, 1.54) is 19.2 Å². The fraction of sp³-hybridized carbons (Fsp3) is 0.222. The molecule has 27 heavy (non-hydrogen) atoms. The molecule has 0 fully saturated rings. The zero-order chi connectivity index (χ0) is 20.0. The molecule has 9 heteroatoms. The molecule has 0 aromatic heterocycles. The van der Waals surface area contributed by atoms with Crippen LogP contribution in [-0.2, 0) is 4.74 Å². The predicted molar refractivity (Wildman–Crippen MR) is 96.9 cm³/mol. The molecule has 8 nitrogen and oxygen atoms in total. The number of nitrogens with zero attached hydrogens (tertiary/aromatic N) is 1. The number of Topliss-reactive ketones (excluding diaryl/α,β-unsaturated/α-hetero) is 1. The van der Waals surface area contributed by atoms with Gasteiger partial charge in [0.2, 0.25) is 5.78 Å². The molecule has 0 radical (unpaired) electrons. The van der Waals surface area contributed by atoms with Gasteiger partial charge in [-0.2, -0.15) is 0 Å². The molecule has 0 aliphatic heterocycles. The summed E-state index contributed by atoms with van der Waals surface area (Å²) in [5.74, 6) is -1.32. The molecule has 0 aliphatic rings. The minimum Gasteiger partial charge on any atom is -0.493 e. The number of carbonyl (C=O) groups is 2. The molecule has 0 bridgehead atoms. The number of rotatable bonds is 8. The highest BCUT2D eigenvalue weighted by molar-refractivity contribution is 6.34. The van der Waals surface area contributed by atoms with E-state index in [1.54, 1.807) is 19.1 Å². The molecule has 0 unspecified atom stereocenters. The van der Waals surface area contributed by atoms with Crippen LogP contribution < -0.4 is 9.47 Å². The third kappa shape index (κ3) is 4.73. The van der Waals surface area contributed by atoms with Crippen LogP contribution in [0.25, 0.3) is 0 Å². The van der Waals surface area contributed by atoms with Gasteiger partial charge in [0.15, 0.2) is 18.1 Å². The Balaban J connectivity index is 2.26. The maximum absolute atomic E-state index is 12.3. The monoisotopic (exact) mass is 393 g/mol. The van der Waals surface area contributed by atoms with Gasteiger partial charge in [-0.3, -0.25) is 14.9 Å². The molecule has 0 saturated heterocycles. The van der Waals surface area contributed by atoms with Crippen molar-refractivity contribution in [3.63, 3.8) is 0 Å². The van der Waals surface area contributed by atoms with Gasteiger partial charge in [-0.25, -0.2) is 4.79 Å². The number of esters is 1. The summed E-state index contributed by atoms with van der Waals surface area (Å²) in [7, 11) is 1.32. The van der Waals surface area contributed by atoms with Crippen LogP contribution in [0.1, 0.15) is 27.6 Å². The number of hydrogen-bond donors (Lipinski definition) is 0. The molecule has 2 aromatic carbocycles. The molecule has 0 N–H and O–H groups in total. The van der Waals surface area contributed by atoms with Crippen LogP contribution in [0.2, 0.25) is 5.02 Å². The smallest absolute Gasteiger partial charge is 0.345 e. The molecule has 2 aromatic rings. The Morgan fingerprint density at radius 3 is 2.44 bits per heavy atom. The van der Waals surface area contributed by atoms with Crippen molar-refractivity contribution in [2.24, 2.45) is 0 Å². The minimum absolute atomic E-state index is 0.104. The van der Waals surface area contributed by atoms with E-state index in [0.717, 1.165) is 12.1 Å². The van der Waals surface area contributed by atoms with Crippen molar-refractivity contribution >= 4 is 29.0 Å². The summed E-state index contributed by atoms with van der Waals surface area (Å²) < 4.78 is 15.3. The van der Waals surface area contributed by atoms with E-state index in [2.05, 4.69) is 0 Å². The lowest BCUT2D eigenvalue weighted by molar-refractivity contribution is -0.385. The molecule has 0 spiro atoms. The summed E-state index contributed by atoms with van der Waals surface area (Å²) in [4.78, 5) is 35.0. The summed E-state index contributed by atoms with van der Waals surface area (Å²) >= 11 is 5.93.